The molecule has 16 heteroatoms. The van der Waals surface area contributed by atoms with Crippen LogP contribution in [0, 0.1) is 46.3 Å². The number of nitrogens with one attached hydrogen (secondary N) is 3. The maximum atomic E-state index is 13.9. The minimum Gasteiger partial charge on any atom is -0.459 e. The minimum absolute atomic E-state index is 0.0515. The minimum atomic E-state index is -0.971. The van der Waals surface area contributed by atoms with Gasteiger partial charge in [-0.15, -0.1) is 0 Å². The molecule has 3 N–H and O–H groups in total. The van der Waals surface area contributed by atoms with Crippen LogP contribution in [-0.2, 0) is 47.7 Å². The van der Waals surface area contributed by atoms with Gasteiger partial charge in [-0.25, -0.2) is 4.79 Å². The van der Waals surface area contributed by atoms with E-state index in [-0.39, 0.29) is 87.1 Å². The van der Waals surface area contributed by atoms with Gasteiger partial charge in [0.2, 0.25) is 17.7 Å². The molecule has 16 nitrogen and oxygen atoms in total. The molecular weight excluding hydrogens is 1030 g/mol. The summed E-state index contributed by atoms with van der Waals surface area (Å²) in [5.74, 6) is 2.13. The molecule has 0 aromatic heterocycles. The Bertz CT molecular complexity index is 2100. The molecule has 81 heavy (non-hydrogen) atoms. The van der Waals surface area contributed by atoms with Crippen LogP contribution in [0.25, 0.3) is 0 Å². The average molecular weight is 1140 g/mol. The Balaban J connectivity index is 1.18. The van der Waals surface area contributed by atoms with E-state index in [0.29, 0.717) is 50.1 Å². The Morgan fingerprint density at radius 1 is 0.593 bits per heavy atom. The smallest absolute Gasteiger partial charge is 0.410 e. The third-order valence-corrected chi connectivity index (χ3v) is 17.6. The van der Waals surface area contributed by atoms with Gasteiger partial charge in [0.1, 0.15) is 28.4 Å². The van der Waals surface area contributed by atoms with E-state index in [9.17, 15) is 33.6 Å². The molecule has 464 valence electrons. The Kier molecular flexibility index (Phi) is 25.7. The highest BCUT2D eigenvalue weighted by molar-refractivity contribution is 5.81. The molecule has 4 unspecified atom stereocenters. The highest BCUT2D eigenvalue weighted by Gasteiger charge is 2.59. The van der Waals surface area contributed by atoms with Crippen LogP contribution in [0.2, 0.25) is 0 Å². The van der Waals surface area contributed by atoms with Crippen LogP contribution < -0.4 is 16.0 Å². The molecule has 0 heterocycles. The van der Waals surface area contributed by atoms with E-state index in [1.54, 1.807) is 67.9 Å². The number of carbonyl (C=O) groups is 7. The molecular formula is C65H113N5O11. The SMILES string of the molecule is CC(C)CCC[C@@H](C)[C@H]1CCC2C3CC=C4C[C@@H](N(CCCCC(=O)NCCC(=O)NCCC(=O)NCCCCC(C(=O)OC(C)(C)C)N(CC(=O)OC(C)(C)C)CC(=O)OC(C)(C)C)C(=O)OC(C)(C)C)CC[C@]4(C)C3CC[C@@]21C. The van der Waals surface area contributed by atoms with Gasteiger partial charge in [0.25, 0.3) is 0 Å². The second-order valence-electron chi connectivity index (χ2n) is 29.5. The zero-order valence-corrected chi connectivity index (χ0v) is 53.8. The van der Waals surface area contributed by atoms with Crippen molar-refractivity contribution in [2.45, 2.75) is 274 Å². The summed E-state index contributed by atoms with van der Waals surface area (Å²) in [7, 11) is 0. The summed E-state index contributed by atoms with van der Waals surface area (Å²) >= 11 is 0. The fourth-order valence-electron chi connectivity index (χ4n) is 14.0. The van der Waals surface area contributed by atoms with Crippen LogP contribution in [0.4, 0.5) is 4.79 Å². The van der Waals surface area contributed by atoms with Gasteiger partial charge in [0.05, 0.1) is 13.1 Å². The first-order valence-electron chi connectivity index (χ1n) is 31.4. The summed E-state index contributed by atoms with van der Waals surface area (Å²) in [5, 5.41) is 8.45. The highest BCUT2D eigenvalue weighted by atomic mass is 16.6. The standard InChI is InChI=1S/C65H113N5O11/c1-44(2)23-22-24-45(3)49-29-30-50-48-28-27-46-41-47(31-35-64(46,16)51(48)32-36-65(49,50)17)70(59(77)81-63(13,14)15)40-21-19-26-53(71)67-38-34-55(73)68-39-33-54(72)66-37-20-18-25-52(58(76)80-62(10,11)12)69(42-56(74)78-60(4,5)6)43-57(75)79-61(7,8)9/h27,44-45,47-52H,18-26,28-43H2,1-17H3,(H,66,72)(H,67,71)(H,68,73)/t45-,47+,48?,49-,50?,51?,52?,64+,65-/m1/s1. The summed E-state index contributed by atoms with van der Waals surface area (Å²) < 4.78 is 22.8. The van der Waals surface area contributed by atoms with Gasteiger partial charge in [0.15, 0.2) is 0 Å². The molecule has 9 atom stereocenters. The van der Waals surface area contributed by atoms with Gasteiger partial charge in [0, 0.05) is 51.5 Å². The van der Waals surface area contributed by atoms with E-state index in [1.807, 2.05) is 25.7 Å². The first-order chi connectivity index (χ1) is 37.5. The number of unbranched alkanes of at least 4 members (excludes halogenated alkanes) is 2. The summed E-state index contributed by atoms with van der Waals surface area (Å²) in [4.78, 5) is 95.1. The number of carbonyl (C=O) groups excluding carboxylic acids is 7. The third-order valence-electron chi connectivity index (χ3n) is 17.6. The quantitative estimate of drug-likeness (QED) is 0.0290. The molecule has 4 rings (SSSR count). The molecule has 0 aliphatic heterocycles. The number of ether oxygens (including phenoxy) is 4. The molecule has 4 amide bonds. The normalized spacial score (nSPS) is 24.6. The first kappa shape index (κ1) is 69.3. The summed E-state index contributed by atoms with van der Waals surface area (Å²) in [6.07, 6.45) is 18.6. The van der Waals surface area contributed by atoms with E-state index >= 15 is 0 Å². The number of esters is 3. The number of nitrogens with zero attached hydrogens (tertiary/aromatic N) is 2. The lowest BCUT2D eigenvalue weighted by molar-refractivity contribution is -0.168. The van der Waals surface area contributed by atoms with Crippen molar-refractivity contribution in [3.05, 3.63) is 11.6 Å². The Morgan fingerprint density at radius 3 is 1.70 bits per heavy atom. The van der Waals surface area contributed by atoms with E-state index in [0.717, 1.165) is 55.3 Å². The van der Waals surface area contributed by atoms with E-state index in [4.69, 9.17) is 18.9 Å². The number of hydrogen-bond acceptors (Lipinski definition) is 12. The second kappa shape index (κ2) is 30.0. The molecule has 0 saturated heterocycles. The topological polar surface area (TPSA) is 199 Å². The summed E-state index contributed by atoms with van der Waals surface area (Å²) in [6, 6.07) is -0.918. The number of rotatable bonds is 28. The van der Waals surface area contributed by atoms with Crippen LogP contribution in [0.5, 0.6) is 0 Å². The van der Waals surface area contributed by atoms with Gasteiger partial charge in [-0.1, -0.05) is 65.5 Å². The van der Waals surface area contributed by atoms with Crippen molar-refractivity contribution < 1.29 is 52.5 Å². The van der Waals surface area contributed by atoms with Crippen molar-refractivity contribution in [1.82, 2.24) is 25.8 Å². The predicted molar refractivity (Wildman–Crippen MR) is 319 cm³/mol. The van der Waals surface area contributed by atoms with Crippen molar-refractivity contribution >= 4 is 41.7 Å². The fraction of sp³-hybridized carbons (Fsp3) is 0.862. The lowest BCUT2D eigenvalue weighted by atomic mass is 9.46. The number of amides is 4. The second-order valence-corrected chi connectivity index (χ2v) is 29.5. The Labute approximate surface area is 489 Å². The molecule has 4 aliphatic carbocycles. The zero-order valence-electron chi connectivity index (χ0n) is 53.8. The van der Waals surface area contributed by atoms with E-state index in [1.165, 1.54) is 49.8 Å². The maximum Gasteiger partial charge on any atom is 0.410 e. The molecule has 4 aliphatic rings. The van der Waals surface area contributed by atoms with Gasteiger partial charge < -0.3 is 39.8 Å². The number of fused-ring (bicyclic) bond motifs is 5. The third kappa shape index (κ3) is 22.7. The van der Waals surface area contributed by atoms with Gasteiger partial charge in [-0.2, -0.15) is 0 Å². The van der Waals surface area contributed by atoms with Crippen molar-refractivity contribution in [1.29, 1.82) is 0 Å². The van der Waals surface area contributed by atoms with Crippen LogP contribution in [0.3, 0.4) is 0 Å². The van der Waals surface area contributed by atoms with E-state index in [2.05, 4.69) is 56.6 Å². The highest BCUT2D eigenvalue weighted by Crippen LogP contribution is 2.67. The molecule has 3 saturated carbocycles. The lowest BCUT2D eigenvalue weighted by Crippen LogP contribution is -2.53. The molecule has 0 aromatic carbocycles. The van der Waals surface area contributed by atoms with Crippen molar-refractivity contribution in [3.63, 3.8) is 0 Å². The van der Waals surface area contributed by atoms with Crippen LogP contribution >= 0.6 is 0 Å². The largest absolute Gasteiger partial charge is 0.459 e. The monoisotopic (exact) mass is 1140 g/mol. The van der Waals surface area contributed by atoms with Gasteiger partial charge in [-0.05, 0) is 213 Å². The molecule has 0 radical (unpaired) electrons. The first-order valence-corrected chi connectivity index (χ1v) is 31.4. The van der Waals surface area contributed by atoms with Crippen molar-refractivity contribution in [3.8, 4) is 0 Å². The van der Waals surface area contributed by atoms with E-state index < -0.39 is 46.4 Å². The van der Waals surface area contributed by atoms with Gasteiger partial charge in [-0.3, -0.25) is 33.7 Å². The summed E-state index contributed by atoms with van der Waals surface area (Å²) in [5.41, 5.74) is -0.873. The molecule has 0 spiro atoms. The Morgan fingerprint density at radius 2 is 1.15 bits per heavy atom. The van der Waals surface area contributed by atoms with Crippen molar-refractivity contribution in [2.24, 2.45) is 46.3 Å². The molecule has 0 aromatic rings. The number of allylic oxidation sites excluding steroid dienone is 1. The molecule has 3 fully saturated rings. The predicted octanol–water partition coefficient (Wildman–Crippen LogP) is 11.8. The van der Waals surface area contributed by atoms with Crippen LogP contribution in [0.1, 0.15) is 240 Å². The average Bonchev–Trinajstić information content (AvgIpc) is 3.72. The fourth-order valence-corrected chi connectivity index (χ4v) is 14.0. The van der Waals surface area contributed by atoms with Gasteiger partial charge >= 0.3 is 24.0 Å². The maximum absolute atomic E-state index is 13.9. The number of hydrogen-bond donors (Lipinski definition) is 3. The zero-order chi connectivity index (χ0) is 60.7. The lowest BCUT2D eigenvalue weighted by Gasteiger charge is -2.59. The van der Waals surface area contributed by atoms with Crippen LogP contribution in [0.15, 0.2) is 11.6 Å². The summed E-state index contributed by atoms with van der Waals surface area (Å²) in [6.45, 7) is 34.2. The Hall–Kier alpha value is -4.21. The van der Waals surface area contributed by atoms with Crippen LogP contribution in [-0.4, -0.2) is 125 Å². The molecule has 0 bridgehead atoms. The van der Waals surface area contributed by atoms with Crippen molar-refractivity contribution in [2.75, 3.05) is 39.3 Å².